The molecule has 0 saturated heterocycles. The van der Waals surface area contributed by atoms with Crippen LogP contribution in [0.25, 0.3) is 0 Å². The topological polar surface area (TPSA) is 0 Å². The fraction of sp³-hybridized carbons (Fsp3) is 0.556. The van der Waals surface area contributed by atoms with Crippen LogP contribution < -0.4 is 0 Å². The Morgan fingerprint density at radius 1 is 1.56 bits per heavy atom. The van der Waals surface area contributed by atoms with Crippen molar-refractivity contribution in [3.05, 3.63) is 23.6 Å². The molecular formula is C9H14. The first-order chi connectivity index (χ1) is 4.22. The molecule has 0 unspecified atom stereocenters. The molecule has 0 bridgehead atoms. The van der Waals surface area contributed by atoms with Crippen LogP contribution in [-0.4, -0.2) is 0 Å². The molecule has 0 heterocycles. The summed E-state index contributed by atoms with van der Waals surface area (Å²) in [5, 5.41) is 0. The largest absolute Gasteiger partial charge is 0.0782 e. The smallest absolute Gasteiger partial charge is 0.0177 e. The fourth-order valence-electron chi connectivity index (χ4n) is 0.755. The van der Waals surface area contributed by atoms with E-state index in [9.17, 15) is 0 Å². The molecule has 0 aliphatic heterocycles. The maximum absolute atomic E-state index is 3.47. The summed E-state index contributed by atoms with van der Waals surface area (Å²) >= 11 is 0. The van der Waals surface area contributed by atoms with Gasteiger partial charge in [0.2, 0.25) is 0 Å². The Hall–Kier alpha value is -0.700. The summed E-state index contributed by atoms with van der Waals surface area (Å²) in [6.07, 6.45) is 1.06. The van der Waals surface area contributed by atoms with Gasteiger partial charge in [-0.15, -0.1) is 0 Å². The van der Waals surface area contributed by atoms with Crippen LogP contribution in [0.4, 0.5) is 0 Å². The minimum Gasteiger partial charge on any atom is -0.0782 e. The first kappa shape index (κ1) is 8.30. The molecule has 0 aromatic heterocycles. The van der Waals surface area contributed by atoms with Gasteiger partial charge in [-0.25, -0.2) is 0 Å². The monoisotopic (exact) mass is 122 g/mol. The minimum atomic E-state index is 0.587. The van der Waals surface area contributed by atoms with Gasteiger partial charge in [-0.1, -0.05) is 32.2 Å². The molecular weight excluding hydrogens is 108 g/mol. The molecule has 0 atom stereocenters. The van der Waals surface area contributed by atoms with Crippen LogP contribution >= 0.6 is 0 Å². The lowest BCUT2D eigenvalue weighted by Crippen LogP contribution is -1.89. The van der Waals surface area contributed by atoms with Gasteiger partial charge in [0.25, 0.3) is 0 Å². The van der Waals surface area contributed by atoms with Gasteiger partial charge >= 0.3 is 0 Å². The second kappa shape index (κ2) is 4.21. The van der Waals surface area contributed by atoms with Gasteiger partial charge in [0.1, 0.15) is 0 Å². The zero-order valence-corrected chi connectivity index (χ0v) is 6.49. The van der Waals surface area contributed by atoms with Gasteiger partial charge in [0, 0.05) is 0 Å². The first-order valence-corrected chi connectivity index (χ1v) is 3.36. The van der Waals surface area contributed by atoms with Gasteiger partial charge < -0.3 is 0 Å². The predicted molar refractivity (Wildman–Crippen MR) is 41.3 cm³/mol. The molecule has 0 rings (SSSR count). The Bertz CT molecular complexity index is 151. The van der Waals surface area contributed by atoms with Crippen molar-refractivity contribution in [2.24, 2.45) is 5.92 Å². The van der Waals surface area contributed by atoms with Crippen LogP contribution in [0.3, 0.4) is 0 Å². The minimum absolute atomic E-state index is 0.587. The van der Waals surface area contributed by atoms with Crippen LogP contribution in [0.5, 0.6) is 0 Å². The Morgan fingerprint density at radius 3 is 2.22 bits per heavy atom. The van der Waals surface area contributed by atoms with Crippen LogP contribution in [-0.2, 0) is 0 Å². The normalized spacial score (nSPS) is 8.44. The lowest BCUT2D eigenvalue weighted by Gasteiger charge is -2.02. The highest BCUT2D eigenvalue weighted by Crippen LogP contribution is 2.10. The lowest BCUT2D eigenvalue weighted by atomic mass is 10.0. The maximum atomic E-state index is 3.47. The molecule has 0 spiro atoms. The van der Waals surface area contributed by atoms with Crippen molar-refractivity contribution in [2.45, 2.75) is 27.2 Å². The molecule has 0 radical (unpaired) electrons. The van der Waals surface area contributed by atoms with Gasteiger partial charge in [-0.3, -0.25) is 0 Å². The van der Waals surface area contributed by atoms with E-state index < -0.39 is 0 Å². The first-order valence-electron chi connectivity index (χ1n) is 3.36. The highest BCUT2D eigenvalue weighted by molar-refractivity contribution is 5.02. The van der Waals surface area contributed by atoms with Crippen LogP contribution in [0.2, 0.25) is 0 Å². The number of allylic oxidation sites excluding steroid dienone is 1. The van der Waals surface area contributed by atoms with Gasteiger partial charge in [0.05, 0.1) is 0 Å². The fourth-order valence-corrected chi connectivity index (χ4v) is 0.755. The summed E-state index contributed by atoms with van der Waals surface area (Å²) in [5.41, 5.74) is 6.95. The second-order valence-corrected chi connectivity index (χ2v) is 2.34. The molecule has 0 N–H and O–H groups in total. The summed E-state index contributed by atoms with van der Waals surface area (Å²) in [5.74, 6) is 0.587. The third-order valence-corrected chi connectivity index (χ3v) is 1.33. The van der Waals surface area contributed by atoms with Crippen molar-refractivity contribution >= 4 is 0 Å². The van der Waals surface area contributed by atoms with Crippen LogP contribution in [0, 0.1) is 5.92 Å². The van der Waals surface area contributed by atoms with E-state index in [0.29, 0.717) is 5.92 Å². The molecule has 50 valence electrons. The van der Waals surface area contributed by atoms with Gasteiger partial charge in [0.15, 0.2) is 0 Å². The Labute approximate surface area is 57.6 Å². The maximum Gasteiger partial charge on any atom is -0.0177 e. The third-order valence-electron chi connectivity index (χ3n) is 1.33. The van der Waals surface area contributed by atoms with E-state index in [1.54, 1.807) is 0 Å². The van der Waals surface area contributed by atoms with Crippen molar-refractivity contribution in [3.8, 4) is 0 Å². The summed E-state index contributed by atoms with van der Waals surface area (Å²) in [6, 6.07) is 0. The zero-order valence-electron chi connectivity index (χ0n) is 6.49. The van der Waals surface area contributed by atoms with Crippen molar-refractivity contribution in [2.75, 3.05) is 0 Å². The Kier molecular flexibility index (Phi) is 3.88. The molecule has 0 saturated carbocycles. The lowest BCUT2D eigenvalue weighted by molar-refractivity contribution is 0.734. The zero-order chi connectivity index (χ0) is 7.28. The quantitative estimate of drug-likeness (QED) is 0.494. The second-order valence-electron chi connectivity index (χ2n) is 2.34. The number of rotatable bonds is 2. The number of hydrogen-bond acceptors (Lipinski definition) is 0. The molecule has 0 aliphatic carbocycles. The molecule has 0 fully saturated rings. The standard InChI is InChI=1S/C9H14/c1-5-7-9(6-2)8(3)4/h8H,1,6H2,2-4H3. The van der Waals surface area contributed by atoms with E-state index in [1.165, 1.54) is 5.57 Å². The molecule has 9 heavy (non-hydrogen) atoms. The van der Waals surface area contributed by atoms with E-state index in [2.05, 4.69) is 38.8 Å². The average molecular weight is 122 g/mol. The van der Waals surface area contributed by atoms with Crippen molar-refractivity contribution in [1.29, 1.82) is 0 Å². The SMILES string of the molecule is C=C=C=C(CC)C(C)C. The summed E-state index contributed by atoms with van der Waals surface area (Å²) < 4.78 is 0. The van der Waals surface area contributed by atoms with E-state index in [4.69, 9.17) is 0 Å². The van der Waals surface area contributed by atoms with Crippen molar-refractivity contribution < 1.29 is 0 Å². The summed E-state index contributed by atoms with van der Waals surface area (Å²) in [6.45, 7) is 9.91. The molecule has 0 nitrogen and oxygen atoms in total. The molecule has 0 aromatic rings. The highest BCUT2D eigenvalue weighted by atomic mass is 14.0. The van der Waals surface area contributed by atoms with Crippen molar-refractivity contribution in [3.63, 3.8) is 0 Å². The summed E-state index contributed by atoms with van der Waals surface area (Å²) in [4.78, 5) is 0. The highest BCUT2D eigenvalue weighted by Gasteiger charge is 1.96. The van der Waals surface area contributed by atoms with E-state index in [0.717, 1.165) is 6.42 Å². The predicted octanol–water partition coefficient (Wildman–Crippen LogP) is 2.92. The summed E-state index contributed by atoms with van der Waals surface area (Å²) in [7, 11) is 0. The van der Waals surface area contributed by atoms with E-state index in [1.807, 2.05) is 0 Å². The van der Waals surface area contributed by atoms with Gasteiger partial charge in [-0.2, -0.15) is 0 Å². The van der Waals surface area contributed by atoms with Crippen LogP contribution in [0.1, 0.15) is 27.2 Å². The van der Waals surface area contributed by atoms with Gasteiger partial charge in [-0.05, 0) is 24.5 Å². The molecule has 0 aliphatic rings. The van der Waals surface area contributed by atoms with Crippen molar-refractivity contribution in [1.82, 2.24) is 0 Å². The average Bonchev–Trinajstić information content (AvgIpc) is 1.82. The van der Waals surface area contributed by atoms with E-state index >= 15 is 0 Å². The van der Waals surface area contributed by atoms with Crippen LogP contribution in [0.15, 0.2) is 23.6 Å². The number of hydrogen-bond donors (Lipinski definition) is 0. The van der Waals surface area contributed by atoms with E-state index in [-0.39, 0.29) is 0 Å². The molecule has 0 aromatic carbocycles. The Balaban J connectivity index is 4.34. The third kappa shape index (κ3) is 2.98. The Morgan fingerprint density at radius 2 is 2.11 bits per heavy atom. The molecule has 0 heteroatoms. The molecule has 0 amide bonds.